The van der Waals surface area contributed by atoms with E-state index < -0.39 is 29.1 Å². The molecule has 9 nitrogen and oxygen atoms in total. The summed E-state index contributed by atoms with van der Waals surface area (Å²) in [6.07, 6.45) is 1.52. The fourth-order valence-electron chi connectivity index (χ4n) is 4.11. The highest BCUT2D eigenvalue weighted by molar-refractivity contribution is 6.04. The van der Waals surface area contributed by atoms with E-state index in [1.807, 2.05) is 48.5 Å². The van der Waals surface area contributed by atoms with Crippen molar-refractivity contribution >= 4 is 28.9 Å². The van der Waals surface area contributed by atoms with Crippen LogP contribution in [-0.4, -0.2) is 37.1 Å². The van der Waals surface area contributed by atoms with Gasteiger partial charge >= 0.3 is 5.97 Å². The Bertz CT molecular complexity index is 1240. The average Bonchev–Trinajstić information content (AvgIpc) is 3.04. The van der Waals surface area contributed by atoms with E-state index in [1.54, 1.807) is 11.8 Å². The van der Waals surface area contributed by atoms with Crippen molar-refractivity contribution < 1.29 is 28.7 Å². The predicted molar refractivity (Wildman–Crippen MR) is 129 cm³/mol. The van der Waals surface area contributed by atoms with Crippen LogP contribution in [0.15, 0.2) is 60.7 Å². The lowest BCUT2D eigenvalue weighted by atomic mass is 10.0. The highest BCUT2D eigenvalue weighted by Gasteiger charge is 2.29. The zero-order valence-electron chi connectivity index (χ0n) is 19.4. The van der Waals surface area contributed by atoms with E-state index >= 15 is 0 Å². The second kappa shape index (κ2) is 10.3. The minimum Gasteiger partial charge on any atom is -0.493 e. The maximum atomic E-state index is 13.4. The molecule has 0 saturated carbocycles. The Hall–Kier alpha value is -4.40. The zero-order valence-corrected chi connectivity index (χ0v) is 19.4. The molecule has 0 bridgehead atoms. The first kappa shape index (κ1) is 23.7. The number of esters is 1. The van der Waals surface area contributed by atoms with Crippen LogP contribution in [0.4, 0.5) is 17.1 Å². The summed E-state index contributed by atoms with van der Waals surface area (Å²) in [6.45, 7) is 1.39. The molecule has 3 aromatic carbocycles. The van der Waals surface area contributed by atoms with Crippen LogP contribution in [0.25, 0.3) is 0 Å². The summed E-state index contributed by atoms with van der Waals surface area (Å²) in [5.41, 5.74) is 2.59. The normalized spacial score (nSPS) is 12.1. The van der Waals surface area contributed by atoms with Gasteiger partial charge < -0.3 is 14.2 Å². The number of hydrogen-bond donors (Lipinski definition) is 0. The van der Waals surface area contributed by atoms with Gasteiger partial charge in [0, 0.05) is 6.07 Å². The topological polar surface area (TPSA) is 108 Å². The summed E-state index contributed by atoms with van der Waals surface area (Å²) < 4.78 is 15.9. The number of carbonyl (C=O) groups excluding carboxylic acids is 2. The number of carbonyl (C=O) groups is 2. The SMILES string of the molecule is CCOc1cc(C(=O)OCC(=O)N2c3ccccc3CCc3ccccc32)c([N+](=O)[O-])cc1OC. The largest absolute Gasteiger partial charge is 0.493 e. The number of benzene rings is 3. The van der Waals surface area contributed by atoms with Gasteiger partial charge in [-0.3, -0.25) is 19.8 Å². The van der Waals surface area contributed by atoms with E-state index in [0.29, 0.717) is 11.4 Å². The summed E-state index contributed by atoms with van der Waals surface area (Å²) in [4.78, 5) is 38.7. The van der Waals surface area contributed by atoms with Crippen LogP contribution in [0, 0.1) is 10.1 Å². The van der Waals surface area contributed by atoms with Crippen molar-refractivity contribution in [1.82, 2.24) is 0 Å². The van der Waals surface area contributed by atoms with E-state index in [9.17, 15) is 19.7 Å². The summed E-state index contributed by atoms with van der Waals surface area (Å²) in [7, 11) is 1.34. The van der Waals surface area contributed by atoms with Crippen LogP contribution >= 0.6 is 0 Å². The van der Waals surface area contributed by atoms with E-state index in [4.69, 9.17) is 14.2 Å². The molecule has 180 valence electrons. The van der Waals surface area contributed by atoms with Gasteiger partial charge in [-0.2, -0.15) is 0 Å². The molecule has 4 rings (SSSR count). The molecule has 1 amide bonds. The smallest absolute Gasteiger partial charge is 0.345 e. The molecule has 0 saturated heterocycles. The van der Waals surface area contributed by atoms with Crippen molar-refractivity contribution in [2.24, 2.45) is 0 Å². The van der Waals surface area contributed by atoms with Gasteiger partial charge in [0.25, 0.3) is 11.6 Å². The van der Waals surface area contributed by atoms with Gasteiger partial charge in [0.2, 0.25) is 0 Å². The lowest BCUT2D eigenvalue weighted by Gasteiger charge is -2.24. The number of amides is 1. The van der Waals surface area contributed by atoms with E-state index in [2.05, 4.69) is 0 Å². The zero-order chi connectivity index (χ0) is 24.9. The number of methoxy groups -OCH3 is 1. The molecule has 1 heterocycles. The first-order chi connectivity index (χ1) is 16.9. The quantitative estimate of drug-likeness (QED) is 0.278. The van der Waals surface area contributed by atoms with Crippen LogP contribution in [0.3, 0.4) is 0 Å². The fraction of sp³-hybridized carbons (Fsp3) is 0.231. The molecule has 35 heavy (non-hydrogen) atoms. The van der Waals surface area contributed by atoms with Gasteiger partial charge in [-0.1, -0.05) is 36.4 Å². The van der Waals surface area contributed by atoms with Gasteiger partial charge in [-0.05, 0) is 43.0 Å². The summed E-state index contributed by atoms with van der Waals surface area (Å²) in [5.74, 6) is -1.20. The van der Waals surface area contributed by atoms with Crippen LogP contribution < -0.4 is 14.4 Å². The first-order valence-electron chi connectivity index (χ1n) is 11.1. The van der Waals surface area contributed by atoms with Gasteiger partial charge in [0.05, 0.1) is 36.1 Å². The Kier molecular flexibility index (Phi) is 6.96. The maximum Gasteiger partial charge on any atom is 0.345 e. The molecule has 0 aromatic heterocycles. The van der Waals surface area contributed by atoms with Crippen molar-refractivity contribution in [3.63, 3.8) is 0 Å². The van der Waals surface area contributed by atoms with Crippen molar-refractivity contribution in [3.05, 3.63) is 87.5 Å². The highest BCUT2D eigenvalue weighted by Crippen LogP contribution is 2.37. The average molecular weight is 476 g/mol. The monoisotopic (exact) mass is 476 g/mol. The molecular weight excluding hydrogens is 452 g/mol. The summed E-state index contributed by atoms with van der Waals surface area (Å²) >= 11 is 0. The van der Waals surface area contributed by atoms with Crippen molar-refractivity contribution in [2.75, 3.05) is 25.2 Å². The summed E-state index contributed by atoms with van der Waals surface area (Å²) in [5, 5.41) is 11.6. The number of anilines is 2. The first-order valence-corrected chi connectivity index (χ1v) is 11.1. The van der Waals surface area contributed by atoms with Gasteiger partial charge in [-0.15, -0.1) is 0 Å². The molecule has 0 unspecified atom stereocenters. The molecule has 0 aliphatic carbocycles. The number of ether oxygens (including phenoxy) is 3. The third kappa shape index (κ3) is 4.79. The van der Waals surface area contributed by atoms with Crippen LogP contribution in [-0.2, 0) is 22.4 Å². The number of nitrogens with zero attached hydrogens (tertiary/aromatic N) is 2. The van der Waals surface area contributed by atoms with Crippen molar-refractivity contribution in [2.45, 2.75) is 19.8 Å². The molecular formula is C26H24N2O7. The number of rotatable bonds is 7. The van der Waals surface area contributed by atoms with E-state index in [1.165, 1.54) is 13.2 Å². The lowest BCUT2D eigenvalue weighted by Crippen LogP contribution is -2.31. The number of nitro benzene ring substituents is 1. The number of fused-ring (bicyclic) bond motifs is 2. The van der Waals surface area contributed by atoms with Gasteiger partial charge in [0.15, 0.2) is 18.1 Å². The molecule has 1 aliphatic heterocycles. The third-order valence-corrected chi connectivity index (χ3v) is 5.70. The molecule has 0 radical (unpaired) electrons. The fourth-order valence-corrected chi connectivity index (χ4v) is 4.11. The molecule has 1 aliphatic rings. The second-order valence-corrected chi connectivity index (χ2v) is 7.77. The molecule has 3 aromatic rings. The number of nitro groups is 1. The van der Waals surface area contributed by atoms with Crippen LogP contribution in [0.2, 0.25) is 0 Å². The van der Waals surface area contributed by atoms with Gasteiger partial charge in [-0.25, -0.2) is 4.79 Å². The van der Waals surface area contributed by atoms with E-state index in [-0.39, 0.29) is 23.7 Å². The minimum absolute atomic E-state index is 0.115. The Balaban J connectivity index is 1.63. The standard InChI is InChI=1S/C26H24N2O7/c1-3-34-24-14-19(22(28(31)32)15-23(24)33-2)26(30)35-16-25(29)27-20-10-6-4-8-17(20)12-13-18-9-5-7-11-21(18)27/h4-11,14-15H,3,12-13,16H2,1-2H3. The van der Waals surface area contributed by atoms with Crippen LogP contribution in [0.1, 0.15) is 28.4 Å². The van der Waals surface area contributed by atoms with Crippen molar-refractivity contribution in [3.8, 4) is 11.5 Å². The molecule has 0 atom stereocenters. The number of hydrogen-bond acceptors (Lipinski definition) is 7. The predicted octanol–water partition coefficient (Wildman–Crippen LogP) is 4.62. The Morgan fingerprint density at radius 1 is 0.971 bits per heavy atom. The number of aryl methyl sites for hydroxylation is 2. The Morgan fingerprint density at radius 3 is 2.11 bits per heavy atom. The highest BCUT2D eigenvalue weighted by atomic mass is 16.6. The molecule has 9 heteroatoms. The third-order valence-electron chi connectivity index (χ3n) is 5.70. The van der Waals surface area contributed by atoms with Crippen LogP contribution in [0.5, 0.6) is 11.5 Å². The number of para-hydroxylation sites is 2. The Morgan fingerprint density at radius 2 is 1.57 bits per heavy atom. The minimum atomic E-state index is -1.01. The van der Waals surface area contributed by atoms with E-state index in [0.717, 1.165) is 30.0 Å². The lowest BCUT2D eigenvalue weighted by molar-refractivity contribution is -0.385. The summed E-state index contributed by atoms with van der Waals surface area (Å²) in [6, 6.07) is 17.4. The maximum absolute atomic E-state index is 13.4. The van der Waals surface area contributed by atoms with Crippen molar-refractivity contribution in [1.29, 1.82) is 0 Å². The van der Waals surface area contributed by atoms with Gasteiger partial charge in [0.1, 0.15) is 5.56 Å². The molecule has 0 N–H and O–H groups in total. The molecule has 0 spiro atoms. The Labute approximate surface area is 202 Å². The second-order valence-electron chi connectivity index (χ2n) is 7.77. The molecule has 0 fully saturated rings.